The molecule has 20 heavy (non-hydrogen) atoms. The first kappa shape index (κ1) is 15.2. The maximum atomic E-state index is 12.6. The quantitative estimate of drug-likeness (QED) is 0.861. The van der Waals surface area contributed by atoms with Crippen molar-refractivity contribution in [2.75, 3.05) is 24.6 Å². The molecule has 1 aromatic rings. The Labute approximate surface area is 119 Å². The summed E-state index contributed by atoms with van der Waals surface area (Å²) in [4.78, 5) is 10.9. The van der Waals surface area contributed by atoms with Crippen molar-refractivity contribution in [1.82, 2.24) is 4.31 Å². The number of aryl methyl sites for hydroxylation is 2. The Hall–Kier alpha value is -1.19. The zero-order valence-electron chi connectivity index (χ0n) is 11.1. The number of hydrogen-bond acceptors (Lipinski definition) is 5. The van der Waals surface area contributed by atoms with Crippen LogP contribution in [0.25, 0.3) is 0 Å². The first-order valence-corrected chi connectivity index (χ1v) is 8.86. The molecule has 7 nitrogen and oxygen atoms in total. The van der Waals surface area contributed by atoms with Gasteiger partial charge < -0.3 is 9.52 Å². The van der Waals surface area contributed by atoms with E-state index in [1.807, 2.05) is 0 Å². The number of furan rings is 1. The van der Waals surface area contributed by atoms with E-state index in [1.165, 1.54) is 13.8 Å². The third-order valence-corrected chi connectivity index (χ3v) is 6.48. The standard InChI is InChI=1S/C11H15NO6S2/c1-7-9(11(13)14)10(8(2)18-7)20(16,17)12-3-5-19(15)6-4-12/h3-6H2,1-2H3,(H,13,14). The van der Waals surface area contributed by atoms with E-state index in [4.69, 9.17) is 4.42 Å². The van der Waals surface area contributed by atoms with Gasteiger partial charge in [-0.2, -0.15) is 4.31 Å². The number of hydrogen-bond donors (Lipinski definition) is 1. The second kappa shape index (κ2) is 5.30. The van der Waals surface area contributed by atoms with Crippen molar-refractivity contribution in [2.45, 2.75) is 18.7 Å². The normalized spacial score (nSPS) is 18.3. The van der Waals surface area contributed by atoms with Crippen LogP contribution in [-0.4, -0.2) is 52.6 Å². The summed E-state index contributed by atoms with van der Waals surface area (Å²) in [6, 6.07) is 0. The lowest BCUT2D eigenvalue weighted by atomic mass is 10.2. The SMILES string of the molecule is Cc1oc(C)c(S(=O)(=O)N2CCS(=O)CC2)c1C(=O)O. The van der Waals surface area contributed by atoms with Crippen LogP contribution in [0.5, 0.6) is 0 Å². The average molecular weight is 321 g/mol. The fraction of sp³-hybridized carbons (Fsp3) is 0.545. The molecule has 112 valence electrons. The molecule has 0 spiro atoms. The van der Waals surface area contributed by atoms with Crippen LogP contribution in [0.15, 0.2) is 9.31 Å². The van der Waals surface area contributed by atoms with Crippen LogP contribution in [0.3, 0.4) is 0 Å². The topological polar surface area (TPSA) is 105 Å². The molecule has 0 aliphatic carbocycles. The smallest absolute Gasteiger partial charge is 0.340 e. The third kappa shape index (κ3) is 2.52. The molecule has 0 atom stereocenters. The average Bonchev–Trinajstić information content (AvgIpc) is 2.65. The molecule has 9 heteroatoms. The molecule has 0 aromatic carbocycles. The van der Waals surface area contributed by atoms with E-state index in [0.717, 1.165) is 4.31 Å². The maximum absolute atomic E-state index is 12.6. The van der Waals surface area contributed by atoms with Gasteiger partial charge in [-0.1, -0.05) is 0 Å². The molecule has 1 aliphatic rings. The summed E-state index contributed by atoms with van der Waals surface area (Å²) in [5.74, 6) is -0.686. The minimum Gasteiger partial charge on any atom is -0.478 e. The minimum atomic E-state index is -3.95. The number of carboxylic acids is 1. The van der Waals surface area contributed by atoms with E-state index in [2.05, 4.69) is 0 Å². The summed E-state index contributed by atoms with van der Waals surface area (Å²) in [6.45, 7) is 3.09. The highest BCUT2D eigenvalue weighted by Crippen LogP contribution is 2.29. The van der Waals surface area contributed by atoms with Crippen molar-refractivity contribution in [3.8, 4) is 0 Å². The fourth-order valence-electron chi connectivity index (χ4n) is 2.21. The van der Waals surface area contributed by atoms with E-state index in [1.54, 1.807) is 0 Å². The molecule has 1 fully saturated rings. The Balaban J connectivity index is 2.50. The van der Waals surface area contributed by atoms with Gasteiger partial charge in [0.05, 0.1) is 0 Å². The van der Waals surface area contributed by atoms with Crippen LogP contribution >= 0.6 is 0 Å². The van der Waals surface area contributed by atoms with Gasteiger partial charge >= 0.3 is 5.97 Å². The Morgan fingerprint density at radius 1 is 1.25 bits per heavy atom. The van der Waals surface area contributed by atoms with Crippen LogP contribution in [-0.2, 0) is 20.8 Å². The van der Waals surface area contributed by atoms with Crippen LogP contribution in [0.2, 0.25) is 0 Å². The first-order valence-electron chi connectivity index (χ1n) is 5.93. The summed E-state index contributed by atoms with van der Waals surface area (Å²) < 4.78 is 42.7. The number of carboxylic acid groups (broad SMARTS) is 1. The van der Waals surface area contributed by atoms with Gasteiger partial charge in [0, 0.05) is 35.4 Å². The van der Waals surface area contributed by atoms with E-state index in [0.29, 0.717) is 0 Å². The van der Waals surface area contributed by atoms with Crippen molar-refractivity contribution < 1.29 is 26.9 Å². The van der Waals surface area contributed by atoms with E-state index in [9.17, 15) is 22.5 Å². The van der Waals surface area contributed by atoms with Crippen molar-refractivity contribution in [3.63, 3.8) is 0 Å². The first-order chi connectivity index (χ1) is 9.25. The van der Waals surface area contributed by atoms with Gasteiger partial charge in [0.1, 0.15) is 22.0 Å². The Kier molecular flexibility index (Phi) is 4.03. The second-order valence-electron chi connectivity index (χ2n) is 4.48. The molecule has 0 amide bonds. The summed E-state index contributed by atoms with van der Waals surface area (Å²) in [7, 11) is -4.96. The number of rotatable bonds is 3. The monoisotopic (exact) mass is 321 g/mol. The van der Waals surface area contributed by atoms with Gasteiger partial charge in [-0.05, 0) is 13.8 Å². The second-order valence-corrected chi connectivity index (χ2v) is 8.05. The number of aromatic carboxylic acids is 1. The van der Waals surface area contributed by atoms with Gasteiger partial charge in [0.25, 0.3) is 0 Å². The molecule has 1 saturated heterocycles. The van der Waals surface area contributed by atoms with E-state index < -0.39 is 26.8 Å². The highest BCUT2D eigenvalue weighted by molar-refractivity contribution is 7.89. The lowest BCUT2D eigenvalue weighted by Crippen LogP contribution is -2.42. The predicted molar refractivity (Wildman–Crippen MR) is 71.8 cm³/mol. The molecule has 0 radical (unpaired) electrons. The zero-order chi connectivity index (χ0) is 15.1. The minimum absolute atomic E-state index is 0.0617. The lowest BCUT2D eigenvalue weighted by Gasteiger charge is -2.25. The Morgan fingerprint density at radius 2 is 1.80 bits per heavy atom. The Morgan fingerprint density at radius 3 is 2.30 bits per heavy atom. The molecule has 1 aromatic heterocycles. The van der Waals surface area contributed by atoms with Gasteiger partial charge in [-0.3, -0.25) is 4.21 Å². The highest BCUT2D eigenvalue weighted by Gasteiger charge is 2.36. The number of nitrogens with zero attached hydrogens (tertiary/aromatic N) is 1. The number of carbonyl (C=O) groups is 1. The molecular weight excluding hydrogens is 306 g/mol. The van der Waals surface area contributed by atoms with E-state index in [-0.39, 0.29) is 46.6 Å². The van der Waals surface area contributed by atoms with E-state index >= 15 is 0 Å². The van der Waals surface area contributed by atoms with Gasteiger partial charge in [0.2, 0.25) is 10.0 Å². The van der Waals surface area contributed by atoms with Crippen molar-refractivity contribution in [2.24, 2.45) is 0 Å². The lowest BCUT2D eigenvalue weighted by molar-refractivity contribution is 0.0691. The largest absolute Gasteiger partial charge is 0.478 e. The molecule has 0 unspecified atom stereocenters. The van der Waals surface area contributed by atoms with Crippen LogP contribution in [0.1, 0.15) is 21.9 Å². The molecule has 0 bridgehead atoms. The predicted octanol–water partition coefficient (Wildman–Crippen LogP) is 0.348. The summed E-state index contributed by atoms with van der Waals surface area (Å²) in [6.07, 6.45) is 0. The maximum Gasteiger partial charge on any atom is 0.340 e. The fourth-order valence-corrected chi connectivity index (χ4v) is 5.31. The summed E-state index contributed by atoms with van der Waals surface area (Å²) >= 11 is 0. The van der Waals surface area contributed by atoms with Crippen LogP contribution in [0, 0.1) is 13.8 Å². The third-order valence-electron chi connectivity index (χ3n) is 3.15. The van der Waals surface area contributed by atoms with Crippen molar-refractivity contribution in [1.29, 1.82) is 0 Å². The highest BCUT2D eigenvalue weighted by atomic mass is 32.2. The molecule has 2 heterocycles. The number of sulfonamides is 1. The summed E-state index contributed by atoms with van der Waals surface area (Å²) in [5, 5.41) is 9.17. The molecule has 2 rings (SSSR count). The van der Waals surface area contributed by atoms with Crippen LogP contribution < -0.4 is 0 Å². The molecule has 1 aliphatic heterocycles. The molecule has 1 N–H and O–H groups in total. The van der Waals surface area contributed by atoms with Gasteiger partial charge in [-0.25, -0.2) is 13.2 Å². The van der Waals surface area contributed by atoms with Gasteiger partial charge in [0.15, 0.2) is 0 Å². The van der Waals surface area contributed by atoms with Crippen LogP contribution in [0.4, 0.5) is 0 Å². The van der Waals surface area contributed by atoms with Crippen molar-refractivity contribution in [3.05, 3.63) is 17.1 Å². The molecule has 0 saturated carbocycles. The molecular formula is C11H15NO6S2. The van der Waals surface area contributed by atoms with Gasteiger partial charge in [-0.15, -0.1) is 0 Å². The zero-order valence-corrected chi connectivity index (χ0v) is 12.7. The van der Waals surface area contributed by atoms with Crippen molar-refractivity contribution >= 4 is 26.8 Å². The Bertz CT molecular complexity index is 665. The summed E-state index contributed by atoms with van der Waals surface area (Å²) in [5.41, 5.74) is -0.325.